The smallest absolute Gasteiger partial charge is 0.239 e. The molecule has 0 radical (unpaired) electrons. The van der Waals surface area contributed by atoms with Crippen LogP contribution in [-0.2, 0) is 9.59 Å². The Bertz CT molecular complexity index is 129. The molecule has 0 N–H and O–H groups in total. The Labute approximate surface area is 52.2 Å². The van der Waals surface area contributed by atoms with Crippen molar-refractivity contribution in [3.63, 3.8) is 0 Å². The molecule has 0 aliphatic carbocycles. The van der Waals surface area contributed by atoms with E-state index in [2.05, 4.69) is 12.8 Å². The second-order valence-electron chi connectivity index (χ2n) is 1.60. The monoisotopic (exact) mass is 131 g/mol. The van der Waals surface area contributed by atoms with Crippen molar-refractivity contribution in [1.29, 1.82) is 0 Å². The molecule has 1 saturated heterocycles. The number of rotatable bonds is 0. The standard InChI is InChI=1S/C4H5NO2S/c6-3-1-2-4(7)5(3)8/h8H,1-2H2. The van der Waals surface area contributed by atoms with E-state index in [-0.39, 0.29) is 11.8 Å². The van der Waals surface area contributed by atoms with Crippen molar-refractivity contribution in [3.05, 3.63) is 0 Å². The molecule has 1 fully saturated rings. The molecule has 0 unspecified atom stereocenters. The Morgan fingerprint density at radius 1 is 1.25 bits per heavy atom. The molecule has 0 aromatic rings. The van der Waals surface area contributed by atoms with Crippen LogP contribution in [0.1, 0.15) is 12.8 Å². The van der Waals surface area contributed by atoms with Crippen LogP contribution in [0, 0.1) is 0 Å². The first-order valence-electron chi connectivity index (χ1n) is 2.26. The number of nitrogens with zero attached hydrogens (tertiary/aromatic N) is 1. The second kappa shape index (κ2) is 1.78. The largest absolute Gasteiger partial charge is 0.273 e. The zero-order valence-corrected chi connectivity index (χ0v) is 5.02. The highest BCUT2D eigenvalue weighted by atomic mass is 32.1. The summed E-state index contributed by atoms with van der Waals surface area (Å²) in [7, 11) is 0. The van der Waals surface area contributed by atoms with Crippen molar-refractivity contribution < 1.29 is 9.59 Å². The number of hydrogen-bond donors (Lipinski definition) is 1. The van der Waals surface area contributed by atoms with Crippen LogP contribution >= 0.6 is 12.8 Å². The zero-order valence-electron chi connectivity index (χ0n) is 4.13. The van der Waals surface area contributed by atoms with E-state index in [9.17, 15) is 9.59 Å². The van der Waals surface area contributed by atoms with Gasteiger partial charge in [-0.25, -0.2) is 4.31 Å². The molecule has 2 amide bonds. The van der Waals surface area contributed by atoms with Gasteiger partial charge in [0.25, 0.3) is 0 Å². The Kier molecular flexibility index (Phi) is 1.25. The van der Waals surface area contributed by atoms with E-state index in [4.69, 9.17) is 0 Å². The summed E-state index contributed by atoms with van der Waals surface area (Å²) < 4.78 is 0.861. The topological polar surface area (TPSA) is 37.4 Å². The average molecular weight is 131 g/mol. The molecule has 1 aliphatic heterocycles. The maximum Gasteiger partial charge on any atom is 0.239 e. The highest BCUT2D eigenvalue weighted by Crippen LogP contribution is 2.12. The highest BCUT2D eigenvalue weighted by molar-refractivity contribution is 7.79. The van der Waals surface area contributed by atoms with Gasteiger partial charge in [0.05, 0.1) is 0 Å². The molecule has 0 aromatic heterocycles. The number of imide groups is 1. The summed E-state index contributed by atoms with van der Waals surface area (Å²) in [6.45, 7) is 0. The molecule has 0 saturated carbocycles. The lowest BCUT2D eigenvalue weighted by atomic mass is 10.4. The lowest BCUT2D eigenvalue weighted by molar-refractivity contribution is -0.131. The molecule has 4 heteroatoms. The van der Waals surface area contributed by atoms with Gasteiger partial charge >= 0.3 is 0 Å². The average Bonchev–Trinajstić information content (AvgIpc) is 1.98. The van der Waals surface area contributed by atoms with Crippen LogP contribution in [0.25, 0.3) is 0 Å². The van der Waals surface area contributed by atoms with Crippen molar-refractivity contribution >= 4 is 24.6 Å². The van der Waals surface area contributed by atoms with E-state index in [0.717, 1.165) is 4.31 Å². The summed E-state index contributed by atoms with van der Waals surface area (Å²) in [5.74, 6) is -0.392. The minimum Gasteiger partial charge on any atom is -0.273 e. The number of hydrogen-bond acceptors (Lipinski definition) is 3. The normalized spacial score (nSPS) is 20.4. The first-order valence-corrected chi connectivity index (χ1v) is 2.66. The highest BCUT2D eigenvalue weighted by Gasteiger charge is 2.25. The van der Waals surface area contributed by atoms with Gasteiger partial charge in [0, 0.05) is 12.8 Å². The molecule has 44 valence electrons. The number of carbonyl (C=O) groups excluding carboxylic acids is 2. The molecule has 1 rings (SSSR count). The molecular weight excluding hydrogens is 126 g/mol. The van der Waals surface area contributed by atoms with Gasteiger partial charge in [-0.1, -0.05) is 12.8 Å². The molecule has 0 atom stereocenters. The molecule has 1 aliphatic rings. The van der Waals surface area contributed by atoms with Crippen LogP contribution in [0.2, 0.25) is 0 Å². The molecule has 0 bridgehead atoms. The lowest BCUT2D eigenvalue weighted by Crippen LogP contribution is -2.17. The molecule has 0 aromatic carbocycles. The predicted octanol–water partition coefficient (Wildman–Crippen LogP) is -0.0198. The summed E-state index contributed by atoms with van der Waals surface area (Å²) in [5, 5.41) is 0. The Hall–Kier alpha value is -0.510. The maximum absolute atomic E-state index is 10.4. The minimum atomic E-state index is -0.196. The first-order chi connectivity index (χ1) is 3.72. The molecule has 8 heavy (non-hydrogen) atoms. The van der Waals surface area contributed by atoms with Gasteiger partial charge in [0.1, 0.15) is 0 Å². The molecule has 1 heterocycles. The van der Waals surface area contributed by atoms with Gasteiger partial charge in [-0.05, 0) is 0 Å². The fourth-order valence-corrected chi connectivity index (χ4v) is 0.765. The third-order valence-electron chi connectivity index (χ3n) is 1.03. The lowest BCUT2D eigenvalue weighted by Gasteiger charge is -1.99. The number of thiol groups is 1. The molecule has 3 nitrogen and oxygen atoms in total. The van der Waals surface area contributed by atoms with E-state index in [0.29, 0.717) is 12.8 Å². The van der Waals surface area contributed by atoms with Crippen LogP contribution in [0.3, 0.4) is 0 Å². The Morgan fingerprint density at radius 2 is 1.62 bits per heavy atom. The second-order valence-corrected chi connectivity index (χ2v) is 2.00. The van der Waals surface area contributed by atoms with Crippen LogP contribution in [0.4, 0.5) is 0 Å². The minimum absolute atomic E-state index is 0.196. The SMILES string of the molecule is O=C1CCC(=O)N1S. The summed E-state index contributed by atoms with van der Waals surface area (Å²) in [5.41, 5.74) is 0. The third-order valence-corrected chi connectivity index (χ3v) is 1.47. The van der Waals surface area contributed by atoms with Gasteiger partial charge in [-0.3, -0.25) is 9.59 Å². The summed E-state index contributed by atoms with van der Waals surface area (Å²) in [6.07, 6.45) is 0.644. The number of amides is 2. The first kappa shape index (κ1) is 5.62. The van der Waals surface area contributed by atoms with Crippen molar-refractivity contribution in [2.75, 3.05) is 0 Å². The van der Waals surface area contributed by atoms with Crippen molar-refractivity contribution in [3.8, 4) is 0 Å². The fourth-order valence-electron chi connectivity index (χ4n) is 0.565. The van der Waals surface area contributed by atoms with Crippen molar-refractivity contribution in [2.45, 2.75) is 12.8 Å². The Balaban J connectivity index is 2.70. The maximum atomic E-state index is 10.4. The van der Waals surface area contributed by atoms with E-state index < -0.39 is 0 Å². The molecule has 0 spiro atoms. The molecular formula is C4H5NO2S. The fraction of sp³-hybridized carbons (Fsp3) is 0.500. The van der Waals surface area contributed by atoms with E-state index >= 15 is 0 Å². The van der Waals surface area contributed by atoms with E-state index in [1.54, 1.807) is 0 Å². The third kappa shape index (κ3) is 0.709. The summed E-state index contributed by atoms with van der Waals surface area (Å²) in [4.78, 5) is 20.8. The quantitative estimate of drug-likeness (QED) is 0.370. The van der Waals surface area contributed by atoms with Crippen LogP contribution < -0.4 is 0 Å². The van der Waals surface area contributed by atoms with Gasteiger partial charge in [0.15, 0.2) is 0 Å². The van der Waals surface area contributed by atoms with Gasteiger partial charge in [0.2, 0.25) is 11.8 Å². The summed E-state index contributed by atoms with van der Waals surface area (Å²) in [6, 6.07) is 0. The Morgan fingerprint density at radius 3 is 1.75 bits per heavy atom. The van der Waals surface area contributed by atoms with E-state index in [1.807, 2.05) is 0 Å². The van der Waals surface area contributed by atoms with Crippen LogP contribution in [0.5, 0.6) is 0 Å². The van der Waals surface area contributed by atoms with Gasteiger partial charge in [-0.2, -0.15) is 0 Å². The summed E-state index contributed by atoms with van der Waals surface area (Å²) >= 11 is 3.62. The zero-order chi connectivity index (χ0) is 6.15. The van der Waals surface area contributed by atoms with Crippen LogP contribution in [-0.4, -0.2) is 16.1 Å². The number of carbonyl (C=O) groups is 2. The van der Waals surface area contributed by atoms with Crippen molar-refractivity contribution in [2.24, 2.45) is 0 Å². The predicted molar refractivity (Wildman–Crippen MR) is 30.1 cm³/mol. The van der Waals surface area contributed by atoms with E-state index in [1.165, 1.54) is 0 Å². The van der Waals surface area contributed by atoms with Crippen LogP contribution in [0.15, 0.2) is 0 Å². The van der Waals surface area contributed by atoms with Gasteiger partial charge < -0.3 is 0 Å². The van der Waals surface area contributed by atoms with Crippen molar-refractivity contribution in [1.82, 2.24) is 4.31 Å². The van der Waals surface area contributed by atoms with Gasteiger partial charge in [-0.15, -0.1) is 0 Å².